The van der Waals surface area contributed by atoms with Crippen LogP contribution in [0, 0.1) is 0 Å². The standard InChI is InChI=1S/C2H6FN3/c3-1-2-5-6-4/h1-2H2,(H2,4,5). The van der Waals surface area contributed by atoms with Gasteiger partial charge in [-0.05, 0) is 0 Å². The zero-order chi connectivity index (χ0) is 4.83. The predicted molar refractivity (Wildman–Crippen MR) is 19.9 cm³/mol. The molecule has 0 aliphatic rings. The summed E-state index contributed by atoms with van der Waals surface area (Å²) < 4.78 is 11.0. The molecule has 0 aromatic rings. The van der Waals surface area contributed by atoms with Gasteiger partial charge in [0.1, 0.15) is 6.67 Å². The van der Waals surface area contributed by atoms with Crippen molar-refractivity contribution in [3.05, 3.63) is 0 Å². The minimum atomic E-state index is -0.485. The third-order valence-electron chi connectivity index (χ3n) is 0.266. The molecule has 0 saturated heterocycles. The summed E-state index contributed by atoms with van der Waals surface area (Å²) in [6.07, 6.45) is 0. The molecule has 0 amide bonds. The van der Waals surface area contributed by atoms with Crippen molar-refractivity contribution in [3.63, 3.8) is 0 Å². The van der Waals surface area contributed by atoms with E-state index in [2.05, 4.69) is 16.2 Å². The largest absolute Gasteiger partial charge is 0.305 e. The molecule has 0 aromatic heterocycles. The Morgan fingerprint density at radius 3 is 2.50 bits per heavy atom. The summed E-state index contributed by atoms with van der Waals surface area (Å²) in [5.74, 6) is 4.51. The first-order valence-electron chi connectivity index (χ1n) is 1.54. The molecule has 0 aromatic carbocycles. The van der Waals surface area contributed by atoms with E-state index in [1.807, 2.05) is 0 Å². The quantitative estimate of drug-likeness (QED) is 0.296. The van der Waals surface area contributed by atoms with Crippen molar-refractivity contribution >= 4 is 0 Å². The van der Waals surface area contributed by atoms with Crippen molar-refractivity contribution in [3.8, 4) is 0 Å². The van der Waals surface area contributed by atoms with E-state index in [1.165, 1.54) is 0 Å². The van der Waals surface area contributed by atoms with E-state index in [1.54, 1.807) is 0 Å². The molecule has 0 rings (SSSR count). The first-order chi connectivity index (χ1) is 2.91. The number of nitrogens with two attached hydrogens (primary N) is 1. The van der Waals surface area contributed by atoms with Gasteiger partial charge in [-0.3, -0.25) is 0 Å². The molecule has 0 spiro atoms. The summed E-state index contributed by atoms with van der Waals surface area (Å²) in [5.41, 5.74) is 0. The lowest BCUT2D eigenvalue weighted by Gasteiger charge is -1.73. The summed E-state index contributed by atoms with van der Waals surface area (Å²) in [6.45, 7) is -0.406. The number of hydrogen-bond donors (Lipinski definition) is 1. The third-order valence-corrected chi connectivity index (χ3v) is 0.266. The van der Waals surface area contributed by atoms with Crippen LogP contribution in [0.3, 0.4) is 0 Å². The average molecular weight is 91.1 g/mol. The van der Waals surface area contributed by atoms with Crippen LogP contribution in [0.15, 0.2) is 10.3 Å². The van der Waals surface area contributed by atoms with Crippen molar-refractivity contribution in [2.24, 2.45) is 16.2 Å². The van der Waals surface area contributed by atoms with Gasteiger partial charge in [0, 0.05) is 0 Å². The summed E-state index contributed by atoms with van der Waals surface area (Å²) >= 11 is 0. The van der Waals surface area contributed by atoms with Gasteiger partial charge in [-0.1, -0.05) is 5.22 Å². The molecule has 0 saturated carbocycles. The Morgan fingerprint density at radius 2 is 2.33 bits per heavy atom. The van der Waals surface area contributed by atoms with Crippen molar-refractivity contribution in [2.45, 2.75) is 0 Å². The maximum absolute atomic E-state index is 11.0. The van der Waals surface area contributed by atoms with E-state index >= 15 is 0 Å². The van der Waals surface area contributed by atoms with Crippen LogP contribution < -0.4 is 5.84 Å². The highest BCUT2D eigenvalue weighted by Gasteiger charge is 1.70. The topological polar surface area (TPSA) is 50.7 Å². The molecule has 0 aliphatic heterocycles. The molecule has 36 valence electrons. The molecule has 6 heavy (non-hydrogen) atoms. The first-order valence-corrected chi connectivity index (χ1v) is 1.54. The lowest BCUT2D eigenvalue weighted by molar-refractivity contribution is 0.498. The molecule has 0 fully saturated rings. The number of halogens is 1. The van der Waals surface area contributed by atoms with Gasteiger partial charge in [-0.2, -0.15) is 5.11 Å². The summed E-state index contributed by atoms with van der Waals surface area (Å²) in [4.78, 5) is 0. The van der Waals surface area contributed by atoms with Gasteiger partial charge < -0.3 is 5.84 Å². The van der Waals surface area contributed by atoms with Gasteiger partial charge in [0.2, 0.25) is 0 Å². The lowest BCUT2D eigenvalue weighted by Crippen LogP contribution is -1.81. The maximum atomic E-state index is 11.0. The second-order valence-electron chi connectivity index (χ2n) is 0.669. The summed E-state index contributed by atoms with van der Waals surface area (Å²) in [5, 5.41) is 5.93. The minimum absolute atomic E-state index is 0.0799. The van der Waals surface area contributed by atoms with Gasteiger partial charge in [0.25, 0.3) is 0 Å². The molecule has 4 heteroatoms. The lowest BCUT2D eigenvalue weighted by atomic mass is 10.8. The zero-order valence-electron chi connectivity index (χ0n) is 3.26. The van der Waals surface area contributed by atoms with Crippen LogP contribution in [0.4, 0.5) is 4.39 Å². The Bertz CT molecular complexity index is 44.1. The van der Waals surface area contributed by atoms with Crippen LogP contribution in [0.5, 0.6) is 0 Å². The number of alkyl halides is 1. The molecule has 0 unspecified atom stereocenters. The molecule has 0 aliphatic carbocycles. The zero-order valence-corrected chi connectivity index (χ0v) is 3.26. The van der Waals surface area contributed by atoms with Gasteiger partial charge in [-0.25, -0.2) is 4.39 Å². The average Bonchev–Trinajstić information content (AvgIpc) is 1.61. The Kier molecular flexibility index (Phi) is 3.85. The van der Waals surface area contributed by atoms with E-state index in [9.17, 15) is 4.39 Å². The van der Waals surface area contributed by atoms with Gasteiger partial charge >= 0.3 is 0 Å². The molecular weight excluding hydrogens is 85.0 g/mol. The van der Waals surface area contributed by atoms with Crippen molar-refractivity contribution in [1.29, 1.82) is 0 Å². The van der Waals surface area contributed by atoms with E-state index in [0.717, 1.165) is 0 Å². The van der Waals surface area contributed by atoms with E-state index < -0.39 is 6.67 Å². The van der Waals surface area contributed by atoms with Crippen molar-refractivity contribution in [1.82, 2.24) is 0 Å². The van der Waals surface area contributed by atoms with Crippen LogP contribution in [0.25, 0.3) is 0 Å². The highest BCUT2D eigenvalue weighted by atomic mass is 19.1. The Labute approximate surface area is 35.0 Å². The normalized spacial score (nSPS) is 10.2. The van der Waals surface area contributed by atoms with Gasteiger partial charge in [-0.15, -0.1) is 0 Å². The molecule has 0 heterocycles. The second kappa shape index (κ2) is 4.33. The minimum Gasteiger partial charge on any atom is -0.305 e. The predicted octanol–water partition coefficient (Wildman–Crippen LogP) is 0.282. The SMILES string of the molecule is NN=NCCF. The van der Waals surface area contributed by atoms with Crippen LogP contribution in [-0.4, -0.2) is 13.2 Å². The maximum Gasteiger partial charge on any atom is 0.111 e. The van der Waals surface area contributed by atoms with Crippen LogP contribution in [-0.2, 0) is 0 Å². The van der Waals surface area contributed by atoms with E-state index in [0.29, 0.717) is 0 Å². The van der Waals surface area contributed by atoms with Crippen LogP contribution >= 0.6 is 0 Å². The summed E-state index contributed by atoms with van der Waals surface area (Å²) in [7, 11) is 0. The molecule has 0 atom stereocenters. The number of hydrogen-bond acceptors (Lipinski definition) is 2. The Hall–Kier alpha value is -0.670. The van der Waals surface area contributed by atoms with E-state index in [4.69, 9.17) is 0 Å². The summed E-state index contributed by atoms with van der Waals surface area (Å²) in [6, 6.07) is 0. The van der Waals surface area contributed by atoms with Crippen molar-refractivity contribution < 1.29 is 4.39 Å². The number of rotatable bonds is 2. The third kappa shape index (κ3) is 3.33. The van der Waals surface area contributed by atoms with Crippen LogP contribution in [0.1, 0.15) is 0 Å². The molecule has 2 N–H and O–H groups in total. The Morgan fingerprint density at radius 1 is 1.67 bits per heavy atom. The highest BCUT2D eigenvalue weighted by molar-refractivity contribution is 4.27. The second-order valence-corrected chi connectivity index (χ2v) is 0.669. The van der Waals surface area contributed by atoms with Crippen LogP contribution in [0.2, 0.25) is 0 Å². The number of nitrogens with zero attached hydrogens (tertiary/aromatic N) is 2. The fourth-order valence-corrected chi connectivity index (χ4v) is 0.0955. The van der Waals surface area contributed by atoms with E-state index in [-0.39, 0.29) is 6.54 Å². The first kappa shape index (κ1) is 5.33. The molecule has 3 nitrogen and oxygen atoms in total. The molecular formula is C2H6FN3. The van der Waals surface area contributed by atoms with Gasteiger partial charge in [0.05, 0.1) is 6.54 Å². The van der Waals surface area contributed by atoms with Crippen molar-refractivity contribution in [2.75, 3.05) is 13.2 Å². The molecule has 0 radical (unpaired) electrons. The Balaban J connectivity index is 2.66. The fraction of sp³-hybridized carbons (Fsp3) is 1.00. The monoisotopic (exact) mass is 91.1 g/mol. The highest BCUT2D eigenvalue weighted by Crippen LogP contribution is 1.68. The molecule has 0 bridgehead atoms. The fourth-order valence-electron chi connectivity index (χ4n) is 0.0955. The van der Waals surface area contributed by atoms with Gasteiger partial charge in [0.15, 0.2) is 0 Å². The smallest absolute Gasteiger partial charge is 0.111 e.